The molecule has 2 aromatic heterocycles. The van der Waals surface area contributed by atoms with Crippen LogP contribution in [0.1, 0.15) is 17.0 Å². The van der Waals surface area contributed by atoms with Crippen LogP contribution < -0.4 is 11.3 Å². The number of benzene rings is 3. The average Bonchev–Trinajstić information content (AvgIpc) is 2.79. The van der Waals surface area contributed by atoms with Crippen LogP contribution in [0.3, 0.4) is 0 Å². The Balaban J connectivity index is 1.65. The lowest BCUT2D eigenvalue weighted by Gasteiger charge is -2.17. The van der Waals surface area contributed by atoms with E-state index in [1.54, 1.807) is 4.57 Å². The van der Waals surface area contributed by atoms with Gasteiger partial charge in [0, 0.05) is 5.39 Å². The Labute approximate surface area is 189 Å². The standard InChI is InChI=1S/C25H21N5OS/c1-15-8-7-9-16(2)22(15)30-24(31)18-11-4-6-13-20(18)28-25(30)32-14-21-27-19-12-5-3-10-17(19)23(26)29-21/h3-13H,14H2,1-2H3,(H2,26,27,29). The number of para-hydroxylation sites is 3. The largest absolute Gasteiger partial charge is 0.383 e. The Kier molecular flexibility index (Phi) is 5.11. The van der Waals surface area contributed by atoms with Crippen molar-refractivity contribution in [3.8, 4) is 5.69 Å². The minimum atomic E-state index is -0.0885. The van der Waals surface area contributed by atoms with E-state index in [1.807, 2.05) is 80.6 Å². The molecule has 0 aliphatic carbocycles. The van der Waals surface area contributed by atoms with E-state index in [9.17, 15) is 4.79 Å². The van der Waals surface area contributed by atoms with Gasteiger partial charge in [-0.3, -0.25) is 9.36 Å². The third-order valence-corrected chi connectivity index (χ3v) is 6.35. The number of thioether (sulfide) groups is 1. The van der Waals surface area contributed by atoms with E-state index in [-0.39, 0.29) is 5.56 Å². The van der Waals surface area contributed by atoms with Gasteiger partial charge in [-0.2, -0.15) is 0 Å². The van der Waals surface area contributed by atoms with E-state index in [1.165, 1.54) is 11.8 Å². The van der Waals surface area contributed by atoms with E-state index < -0.39 is 0 Å². The van der Waals surface area contributed by atoms with Crippen molar-refractivity contribution in [3.05, 3.63) is 94.0 Å². The Hall–Kier alpha value is -3.71. The van der Waals surface area contributed by atoms with Gasteiger partial charge in [0.15, 0.2) is 5.16 Å². The van der Waals surface area contributed by atoms with E-state index >= 15 is 0 Å². The molecule has 0 fully saturated rings. The van der Waals surface area contributed by atoms with Crippen molar-refractivity contribution in [2.24, 2.45) is 0 Å². The lowest BCUT2D eigenvalue weighted by Crippen LogP contribution is -2.23. The Morgan fingerprint density at radius 1 is 0.812 bits per heavy atom. The van der Waals surface area contributed by atoms with Crippen molar-refractivity contribution in [2.45, 2.75) is 24.8 Å². The first-order valence-electron chi connectivity index (χ1n) is 10.3. The number of nitrogens with zero attached hydrogens (tertiary/aromatic N) is 4. The summed E-state index contributed by atoms with van der Waals surface area (Å²) in [6, 6.07) is 21.1. The first-order chi connectivity index (χ1) is 15.5. The minimum Gasteiger partial charge on any atom is -0.383 e. The summed E-state index contributed by atoms with van der Waals surface area (Å²) in [4.78, 5) is 27.5. The molecule has 0 atom stereocenters. The summed E-state index contributed by atoms with van der Waals surface area (Å²) < 4.78 is 1.71. The van der Waals surface area contributed by atoms with Gasteiger partial charge in [-0.05, 0) is 49.2 Å². The molecule has 2 N–H and O–H groups in total. The monoisotopic (exact) mass is 439 g/mol. The normalized spacial score (nSPS) is 11.3. The van der Waals surface area contributed by atoms with Crippen LogP contribution >= 0.6 is 11.8 Å². The second-order valence-electron chi connectivity index (χ2n) is 7.62. The fourth-order valence-corrected chi connectivity index (χ4v) is 4.76. The highest BCUT2D eigenvalue weighted by atomic mass is 32.2. The number of fused-ring (bicyclic) bond motifs is 2. The highest BCUT2D eigenvalue weighted by Crippen LogP contribution is 2.28. The Morgan fingerprint density at radius 3 is 2.16 bits per heavy atom. The van der Waals surface area contributed by atoms with Crippen molar-refractivity contribution < 1.29 is 0 Å². The molecule has 0 unspecified atom stereocenters. The van der Waals surface area contributed by atoms with Crippen LogP contribution in [0.5, 0.6) is 0 Å². The molecule has 0 amide bonds. The lowest BCUT2D eigenvalue weighted by molar-refractivity contribution is 0.808. The maximum atomic E-state index is 13.6. The predicted octanol–water partition coefficient (Wildman–Crippen LogP) is 4.82. The van der Waals surface area contributed by atoms with Crippen molar-refractivity contribution in [2.75, 3.05) is 5.73 Å². The molecule has 6 nitrogen and oxygen atoms in total. The zero-order valence-electron chi connectivity index (χ0n) is 17.7. The number of anilines is 1. The first kappa shape index (κ1) is 20.2. The third-order valence-electron chi connectivity index (χ3n) is 5.42. The van der Waals surface area contributed by atoms with Gasteiger partial charge in [-0.25, -0.2) is 15.0 Å². The fraction of sp³-hybridized carbons (Fsp3) is 0.120. The van der Waals surface area contributed by atoms with Gasteiger partial charge >= 0.3 is 0 Å². The molecule has 0 spiro atoms. The lowest BCUT2D eigenvalue weighted by atomic mass is 10.1. The van der Waals surface area contributed by atoms with Crippen LogP contribution in [0.15, 0.2) is 76.7 Å². The zero-order chi connectivity index (χ0) is 22.2. The van der Waals surface area contributed by atoms with Gasteiger partial charge in [0.05, 0.1) is 27.9 Å². The molecule has 2 heterocycles. The summed E-state index contributed by atoms with van der Waals surface area (Å²) in [5.74, 6) is 1.48. The van der Waals surface area contributed by atoms with Crippen molar-refractivity contribution in [1.29, 1.82) is 0 Å². The van der Waals surface area contributed by atoms with Gasteiger partial charge in [-0.15, -0.1) is 0 Å². The number of rotatable bonds is 4. The van der Waals surface area contributed by atoms with Gasteiger partial charge in [0.2, 0.25) is 0 Å². The number of aromatic nitrogens is 4. The third kappa shape index (κ3) is 3.50. The molecule has 5 aromatic rings. The molecular weight excluding hydrogens is 418 g/mol. The average molecular weight is 440 g/mol. The second-order valence-corrected chi connectivity index (χ2v) is 8.57. The fourth-order valence-electron chi connectivity index (χ4n) is 3.91. The van der Waals surface area contributed by atoms with Gasteiger partial charge in [0.25, 0.3) is 5.56 Å². The summed E-state index contributed by atoms with van der Waals surface area (Å²) in [6.07, 6.45) is 0. The SMILES string of the molecule is Cc1cccc(C)c1-n1c(SCc2nc(N)c3ccccc3n2)nc2ccccc2c1=O. The maximum absolute atomic E-state index is 13.6. The van der Waals surface area contributed by atoms with Crippen LogP contribution in [-0.4, -0.2) is 19.5 Å². The summed E-state index contributed by atoms with van der Waals surface area (Å²) in [7, 11) is 0. The van der Waals surface area contributed by atoms with Crippen LogP contribution in [-0.2, 0) is 5.75 Å². The Bertz CT molecular complexity index is 1520. The highest BCUT2D eigenvalue weighted by Gasteiger charge is 2.17. The number of hydrogen-bond acceptors (Lipinski definition) is 6. The van der Waals surface area contributed by atoms with Crippen molar-refractivity contribution >= 4 is 39.4 Å². The minimum absolute atomic E-state index is 0.0885. The van der Waals surface area contributed by atoms with Gasteiger partial charge < -0.3 is 5.73 Å². The predicted molar refractivity (Wildman–Crippen MR) is 130 cm³/mol. The summed E-state index contributed by atoms with van der Waals surface area (Å²) >= 11 is 1.43. The first-order valence-corrected chi connectivity index (χ1v) is 11.2. The number of hydrogen-bond donors (Lipinski definition) is 1. The second kappa shape index (κ2) is 8.09. The van der Waals surface area contributed by atoms with Gasteiger partial charge in [0.1, 0.15) is 11.6 Å². The van der Waals surface area contributed by atoms with E-state index in [0.717, 1.165) is 27.7 Å². The van der Waals surface area contributed by atoms with Crippen LogP contribution in [0.2, 0.25) is 0 Å². The molecule has 0 aliphatic heterocycles. The molecule has 0 aliphatic rings. The molecule has 5 rings (SSSR count). The van der Waals surface area contributed by atoms with Crippen molar-refractivity contribution in [3.63, 3.8) is 0 Å². The molecule has 158 valence electrons. The smallest absolute Gasteiger partial charge is 0.266 e. The summed E-state index contributed by atoms with van der Waals surface area (Å²) in [5.41, 5.74) is 10.4. The molecule has 32 heavy (non-hydrogen) atoms. The van der Waals surface area contributed by atoms with E-state index in [2.05, 4.69) is 9.97 Å². The summed E-state index contributed by atoms with van der Waals surface area (Å²) in [5, 5.41) is 2.02. The Morgan fingerprint density at radius 2 is 1.44 bits per heavy atom. The number of nitrogen functional groups attached to an aromatic ring is 1. The summed E-state index contributed by atoms with van der Waals surface area (Å²) in [6.45, 7) is 4.01. The number of aryl methyl sites for hydroxylation is 2. The number of nitrogens with two attached hydrogens (primary N) is 1. The van der Waals surface area contributed by atoms with Crippen LogP contribution in [0.4, 0.5) is 5.82 Å². The van der Waals surface area contributed by atoms with Crippen molar-refractivity contribution in [1.82, 2.24) is 19.5 Å². The van der Waals surface area contributed by atoms with Gasteiger partial charge in [-0.1, -0.05) is 54.2 Å². The van der Waals surface area contributed by atoms with Crippen LogP contribution in [0.25, 0.3) is 27.5 Å². The topological polar surface area (TPSA) is 86.7 Å². The van der Waals surface area contributed by atoms with E-state index in [0.29, 0.717) is 33.5 Å². The quantitative estimate of drug-likeness (QED) is 0.319. The molecule has 0 bridgehead atoms. The molecule has 7 heteroatoms. The van der Waals surface area contributed by atoms with E-state index in [4.69, 9.17) is 10.7 Å². The molecule has 3 aromatic carbocycles. The zero-order valence-corrected chi connectivity index (χ0v) is 18.6. The highest BCUT2D eigenvalue weighted by molar-refractivity contribution is 7.98. The molecule has 0 saturated heterocycles. The maximum Gasteiger partial charge on any atom is 0.266 e. The molecule has 0 radical (unpaired) electrons. The molecular formula is C25H21N5OS. The van der Waals surface area contributed by atoms with Crippen LogP contribution in [0, 0.1) is 13.8 Å². The molecule has 0 saturated carbocycles.